The molecule has 0 spiro atoms. The Labute approximate surface area is 113 Å². The van der Waals surface area contributed by atoms with Gasteiger partial charge in [0.1, 0.15) is 5.82 Å². The van der Waals surface area contributed by atoms with Crippen LogP contribution in [0.4, 0.5) is 5.82 Å². The highest BCUT2D eigenvalue weighted by Gasteiger charge is 2.33. The Morgan fingerprint density at radius 3 is 2.74 bits per heavy atom. The minimum absolute atomic E-state index is 0.0540. The molecule has 0 radical (unpaired) electrons. The van der Waals surface area contributed by atoms with E-state index in [1.165, 1.54) is 0 Å². The first-order valence-electron chi connectivity index (χ1n) is 6.88. The van der Waals surface area contributed by atoms with Crippen molar-refractivity contribution in [2.45, 2.75) is 39.2 Å². The first-order valence-corrected chi connectivity index (χ1v) is 6.88. The van der Waals surface area contributed by atoms with Crippen LogP contribution in [0.5, 0.6) is 0 Å². The van der Waals surface area contributed by atoms with Crippen molar-refractivity contribution in [3.05, 3.63) is 40.7 Å². The van der Waals surface area contributed by atoms with Crippen LogP contribution in [0.15, 0.2) is 35.1 Å². The number of hydrogen-bond acceptors (Lipinski definition) is 2. The molecule has 1 saturated carbocycles. The molecular weight excluding hydrogens is 236 g/mol. The van der Waals surface area contributed by atoms with Gasteiger partial charge in [-0.25, -0.2) is 0 Å². The van der Waals surface area contributed by atoms with Crippen LogP contribution >= 0.6 is 0 Å². The van der Waals surface area contributed by atoms with E-state index < -0.39 is 0 Å². The van der Waals surface area contributed by atoms with Gasteiger partial charge in [0, 0.05) is 11.4 Å². The number of aromatic nitrogens is 1. The van der Waals surface area contributed by atoms with Gasteiger partial charge in [0.15, 0.2) is 0 Å². The van der Waals surface area contributed by atoms with Gasteiger partial charge in [-0.1, -0.05) is 32.0 Å². The summed E-state index contributed by atoms with van der Waals surface area (Å²) in [4.78, 5) is 12.6. The third-order valence-corrected chi connectivity index (χ3v) is 4.30. The summed E-state index contributed by atoms with van der Waals surface area (Å²) in [6.07, 6.45) is 3.21. The lowest BCUT2D eigenvalue weighted by Crippen LogP contribution is -2.26. The summed E-state index contributed by atoms with van der Waals surface area (Å²) in [6.45, 7) is 4.52. The fraction of sp³-hybridized carbons (Fsp3) is 0.438. The number of pyridine rings is 1. The minimum atomic E-state index is 0.0540. The van der Waals surface area contributed by atoms with Crippen LogP contribution in [0.25, 0.3) is 10.8 Å². The van der Waals surface area contributed by atoms with Crippen LogP contribution < -0.4 is 11.3 Å². The summed E-state index contributed by atoms with van der Waals surface area (Å²) in [5, 5.41) is 1.69. The fourth-order valence-electron chi connectivity index (χ4n) is 3.29. The van der Waals surface area contributed by atoms with Crippen LogP contribution in [-0.2, 0) is 0 Å². The monoisotopic (exact) mass is 256 g/mol. The maximum atomic E-state index is 12.6. The predicted octanol–water partition coefficient (Wildman–Crippen LogP) is 3.33. The lowest BCUT2D eigenvalue weighted by atomic mass is 9.92. The lowest BCUT2D eigenvalue weighted by Gasteiger charge is -2.20. The van der Waals surface area contributed by atoms with Crippen molar-refractivity contribution in [2.75, 3.05) is 5.73 Å². The Kier molecular flexibility index (Phi) is 2.66. The number of benzene rings is 1. The number of nitrogens with zero attached hydrogens (tertiary/aromatic N) is 1. The highest BCUT2D eigenvalue weighted by Crippen LogP contribution is 2.43. The summed E-state index contributed by atoms with van der Waals surface area (Å²) in [5.41, 5.74) is 6.48. The summed E-state index contributed by atoms with van der Waals surface area (Å²) in [7, 11) is 0. The molecule has 19 heavy (non-hydrogen) atoms. The fourth-order valence-corrected chi connectivity index (χ4v) is 3.29. The summed E-state index contributed by atoms with van der Waals surface area (Å²) < 4.78 is 1.80. The van der Waals surface area contributed by atoms with Gasteiger partial charge in [0.05, 0.1) is 0 Å². The molecule has 1 unspecified atom stereocenters. The SMILES string of the molecule is CC1(C)CCC(n2c(N)cc3ccccc3c2=O)C1. The molecule has 1 aromatic carbocycles. The normalized spacial score (nSPS) is 21.9. The van der Waals surface area contributed by atoms with E-state index in [9.17, 15) is 4.79 Å². The van der Waals surface area contributed by atoms with E-state index in [1.807, 2.05) is 30.3 Å². The molecule has 1 aromatic heterocycles. The van der Waals surface area contributed by atoms with E-state index in [2.05, 4.69) is 13.8 Å². The van der Waals surface area contributed by atoms with Crippen LogP contribution in [0, 0.1) is 5.41 Å². The number of nitrogens with two attached hydrogens (primary N) is 1. The van der Waals surface area contributed by atoms with Crippen molar-refractivity contribution >= 4 is 16.6 Å². The van der Waals surface area contributed by atoms with E-state index in [-0.39, 0.29) is 11.6 Å². The van der Waals surface area contributed by atoms with Crippen LogP contribution in [0.1, 0.15) is 39.2 Å². The molecule has 0 bridgehead atoms. The van der Waals surface area contributed by atoms with Crippen LogP contribution in [0.3, 0.4) is 0 Å². The van der Waals surface area contributed by atoms with E-state index >= 15 is 0 Å². The molecule has 100 valence electrons. The van der Waals surface area contributed by atoms with Gasteiger partial charge in [0.25, 0.3) is 5.56 Å². The van der Waals surface area contributed by atoms with Gasteiger partial charge in [-0.15, -0.1) is 0 Å². The maximum absolute atomic E-state index is 12.6. The Balaban J connectivity index is 2.17. The molecule has 1 aliphatic rings. The maximum Gasteiger partial charge on any atom is 0.260 e. The van der Waals surface area contributed by atoms with E-state index in [0.29, 0.717) is 11.2 Å². The Hall–Kier alpha value is -1.77. The van der Waals surface area contributed by atoms with E-state index in [1.54, 1.807) is 4.57 Å². The zero-order valence-corrected chi connectivity index (χ0v) is 11.5. The zero-order valence-electron chi connectivity index (χ0n) is 11.5. The number of nitrogen functional groups attached to an aromatic ring is 1. The van der Waals surface area contributed by atoms with Gasteiger partial charge in [-0.05, 0) is 42.2 Å². The quantitative estimate of drug-likeness (QED) is 0.850. The standard InChI is InChI=1S/C16H20N2O/c1-16(2)8-7-12(10-16)18-14(17)9-11-5-3-4-6-13(11)15(18)19/h3-6,9,12H,7-8,10,17H2,1-2H3. The van der Waals surface area contributed by atoms with Crippen molar-refractivity contribution in [1.29, 1.82) is 0 Å². The summed E-state index contributed by atoms with van der Waals surface area (Å²) >= 11 is 0. The number of rotatable bonds is 1. The third kappa shape index (κ3) is 2.03. The first-order chi connectivity index (χ1) is 8.98. The molecule has 3 heteroatoms. The second kappa shape index (κ2) is 4.12. The molecule has 1 fully saturated rings. The van der Waals surface area contributed by atoms with Crippen molar-refractivity contribution in [3.63, 3.8) is 0 Å². The Bertz CT molecular complexity index is 685. The second-order valence-electron chi connectivity index (χ2n) is 6.39. The average Bonchev–Trinajstić information content (AvgIpc) is 2.69. The average molecular weight is 256 g/mol. The van der Waals surface area contributed by atoms with Gasteiger partial charge < -0.3 is 5.73 Å². The molecule has 0 aliphatic heterocycles. The summed E-state index contributed by atoms with van der Waals surface area (Å²) in [5.74, 6) is 0.589. The molecular formula is C16H20N2O. The zero-order chi connectivity index (χ0) is 13.6. The van der Waals surface area contributed by atoms with Crippen molar-refractivity contribution in [1.82, 2.24) is 4.57 Å². The van der Waals surface area contributed by atoms with Crippen molar-refractivity contribution < 1.29 is 0 Å². The smallest absolute Gasteiger partial charge is 0.260 e. The first kappa shape index (κ1) is 12.3. The van der Waals surface area contributed by atoms with Gasteiger partial charge >= 0.3 is 0 Å². The molecule has 1 atom stereocenters. The molecule has 2 aromatic rings. The molecule has 1 aliphatic carbocycles. The highest BCUT2D eigenvalue weighted by atomic mass is 16.1. The van der Waals surface area contributed by atoms with Crippen molar-refractivity contribution in [2.24, 2.45) is 5.41 Å². The topological polar surface area (TPSA) is 48.0 Å². The highest BCUT2D eigenvalue weighted by molar-refractivity contribution is 5.83. The largest absolute Gasteiger partial charge is 0.385 e. The predicted molar refractivity (Wildman–Crippen MR) is 79.3 cm³/mol. The van der Waals surface area contributed by atoms with Gasteiger partial charge in [0.2, 0.25) is 0 Å². The number of hydrogen-bond donors (Lipinski definition) is 1. The Morgan fingerprint density at radius 1 is 1.32 bits per heavy atom. The molecule has 0 amide bonds. The van der Waals surface area contributed by atoms with Gasteiger partial charge in [-0.2, -0.15) is 0 Å². The third-order valence-electron chi connectivity index (χ3n) is 4.30. The molecule has 0 saturated heterocycles. The van der Waals surface area contributed by atoms with E-state index in [0.717, 1.165) is 30.0 Å². The number of fused-ring (bicyclic) bond motifs is 1. The molecule has 3 rings (SSSR count). The Morgan fingerprint density at radius 2 is 2.05 bits per heavy atom. The van der Waals surface area contributed by atoms with E-state index in [4.69, 9.17) is 5.73 Å². The molecule has 2 N–H and O–H groups in total. The lowest BCUT2D eigenvalue weighted by molar-refractivity contribution is 0.358. The minimum Gasteiger partial charge on any atom is -0.385 e. The summed E-state index contributed by atoms with van der Waals surface area (Å²) in [6, 6.07) is 9.82. The number of anilines is 1. The van der Waals surface area contributed by atoms with Crippen LogP contribution in [-0.4, -0.2) is 4.57 Å². The van der Waals surface area contributed by atoms with Gasteiger partial charge in [-0.3, -0.25) is 9.36 Å². The van der Waals surface area contributed by atoms with Crippen LogP contribution in [0.2, 0.25) is 0 Å². The van der Waals surface area contributed by atoms with Crippen molar-refractivity contribution in [3.8, 4) is 0 Å². The molecule has 1 heterocycles. The molecule has 3 nitrogen and oxygen atoms in total. The second-order valence-corrected chi connectivity index (χ2v) is 6.39.